The molecule has 0 fully saturated rings. The van der Waals surface area contributed by atoms with E-state index in [0.29, 0.717) is 15.9 Å². The van der Waals surface area contributed by atoms with E-state index in [-0.39, 0.29) is 10.6 Å². The number of hydrogen-bond acceptors (Lipinski definition) is 4. The van der Waals surface area contributed by atoms with Crippen LogP contribution in [0.3, 0.4) is 0 Å². The van der Waals surface area contributed by atoms with Gasteiger partial charge >= 0.3 is 0 Å². The highest BCUT2D eigenvalue weighted by Gasteiger charge is 2.18. The molecule has 0 bridgehead atoms. The minimum Gasteiger partial charge on any atom is -0.496 e. The molecule has 0 atom stereocenters. The summed E-state index contributed by atoms with van der Waals surface area (Å²) in [7, 11) is -2.18. The fourth-order valence-electron chi connectivity index (χ4n) is 1.89. The Balaban J connectivity index is 2.37. The summed E-state index contributed by atoms with van der Waals surface area (Å²) in [5.74, 6) is 0.694. The number of methoxy groups -OCH3 is 1. The van der Waals surface area contributed by atoms with Crippen LogP contribution in [0.1, 0.15) is 5.56 Å². The predicted molar refractivity (Wildman–Crippen MR) is 87.1 cm³/mol. The topological polar surface area (TPSA) is 81.4 Å². The van der Waals surface area contributed by atoms with Crippen molar-refractivity contribution >= 4 is 37.3 Å². The molecule has 0 heterocycles. The number of nitrogens with one attached hydrogen (secondary N) is 1. The van der Waals surface area contributed by atoms with Gasteiger partial charge in [0.1, 0.15) is 10.6 Å². The molecule has 5 nitrogen and oxygen atoms in total. The highest BCUT2D eigenvalue weighted by atomic mass is 79.9. The predicted octanol–water partition coefficient (Wildman–Crippen LogP) is 3.15. The maximum absolute atomic E-state index is 12.4. The molecular formula is C14H15BrN2O3S. The van der Waals surface area contributed by atoms with E-state index in [0.717, 1.165) is 5.56 Å². The lowest BCUT2D eigenvalue weighted by Gasteiger charge is -2.12. The Hall–Kier alpha value is -1.73. The largest absolute Gasteiger partial charge is 0.496 e. The van der Waals surface area contributed by atoms with Crippen molar-refractivity contribution in [3.8, 4) is 5.75 Å². The van der Waals surface area contributed by atoms with E-state index in [9.17, 15) is 8.42 Å². The van der Waals surface area contributed by atoms with Crippen molar-refractivity contribution in [3.05, 3.63) is 46.4 Å². The van der Waals surface area contributed by atoms with Gasteiger partial charge in [-0.25, -0.2) is 8.42 Å². The summed E-state index contributed by atoms with van der Waals surface area (Å²) in [6.07, 6.45) is 0. The molecule has 2 aromatic carbocycles. The molecule has 0 amide bonds. The van der Waals surface area contributed by atoms with Crippen LogP contribution in [0.5, 0.6) is 5.75 Å². The first kappa shape index (κ1) is 15.7. The second-order valence-electron chi connectivity index (χ2n) is 4.47. The van der Waals surface area contributed by atoms with Crippen LogP contribution >= 0.6 is 15.9 Å². The first-order valence-electron chi connectivity index (χ1n) is 6.06. The highest BCUT2D eigenvalue weighted by molar-refractivity contribution is 9.10. The number of nitrogen functional groups attached to an aromatic ring is 1. The van der Waals surface area contributed by atoms with Gasteiger partial charge in [0.05, 0.1) is 12.8 Å². The number of nitrogens with two attached hydrogens (primary N) is 1. The van der Waals surface area contributed by atoms with Crippen molar-refractivity contribution in [1.82, 2.24) is 0 Å². The van der Waals surface area contributed by atoms with Crippen LogP contribution in [-0.2, 0) is 10.0 Å². The maximum Gasteiger partial charge on any atom is 0.263 e. The Morgan fingerprint density at radius 1 is 1.19 bits per heavy atom. The third kappa shape index (κ3) is 3.48. The zero-order valence-electron chi connectivity index (χ0n) is 11.6. The number of anilines is 2. The zero-order valence-corrected chi connectivity index (χ0v) is 14.0. The molecule has 0 aliphatic rings. The van der Waals surface area contributed by atoms with Gasteiger partial charge in [0.25, 0.3) is 10.0 Å². The quantitative estimate of drug-likeness (QED) is 0.809. The molecule has 0 aliphatic carbocycles. The molecule has 0 radical (unpaired) electrons. The first-order chi connectivity index (χ1) is 9.83. The van der Waals surface area contributed by atoms with Crippen LogP contribution in [0.15, 0.2) is 45.8 Å². The normalized spacial score (nSPS) is 11.2. The van der Waals surface area contributed by atoms with Gasteiger partial charge in [-0.1, -0.05) is 15.9 Å². The van der Waals surface area contributed by atoms with Crippen LogP contribution in [-0.4, -0.2) is 15.5 Å². The van der Waals surface area contributed by atoms with E-state index in [1.165, 1.54) is 12.1 Å². The summed E-state index contributed by atoms with van der Waals surface area (Å²) < 4.78 is 33.1. The summed E-state index contributed by atoms with van der Waals surface area (Å²) in [6, 6.07) is 9.73. The van der Waals surface area contributed by atoms with Crippen molar-refractivity contribution in [2.75, 3.05) is 17.6 Å². The van der Waals surface area contributed by atoms with Gasteiger partial charge in [0, 0.05) is 10.2 Å². The molecule has 0 saturated heterocycles. The van der Waals surface area contributed by atoms with Gasteiger partial charge < -0.3 is 10.5 Å². The molecule has 21 heavy (non-hydrogen) atoms. The number of aryl methyl sites for hydroxylation is 1. The monoisotopic (exact) mass is 370 g/mol. The maximum atomic E-state index is 12.4. The van der Waals surface area contributed by atoms with E-state index in [1.807, 2.05) is 6.92 Å². The Morgan fingerprint density at radius 3 is 2.52 bits per heavy atom. The molecule has 0 spiro atoms. The van der Waals surface area contributed by atoms with Crippen LogP contribution < -0.4 is 15.2 Å². The SMILES string of the molecule is COc1ccc(NS(=O)(=O)c2cc(Br)ccc2N)cc1C. The minimum atomic E-state index is -3.75. The Labute approximate surface area is 132 Å². The van der Waals surface area contributed by atoms with Crippen LogP contribution in [0.4, 0.5) is 11.4 Å². The molecular weight excluding hydrogens is 356 g/mol. The van der Waals surface area contributed by atoms with E-state index in [4.69, 9.17) is 10.5 Å². The first-order valence-corrected chi connectivity index (χ1v) is 8.33. The van der Waals surface area contributed by atoms with Crippen molar-refractivity contribution in [1.29, 1.82) is 0 Å². The van der Waals surface area contributed by atoms with E-state index in [2.05, 4.69) is 20.7 Å². The standard InChI is InChI=1S/C14H15BrN2O3S/c1-9-7-11(4-6-13(9)20-2)17-21(18,19)14-8-10(15)3-5-12(14)16/h3-8,17H,16H2,1-2H3. The third-order valence-electron chi connectivity index (χ3n) is 2.91. The van der Waals surface area contributed by atoms with Crippen molar-refractivity contribution in [2.45, 2.75) is 11.8 Å². The average Bonchev–Trinajstić information content (AvgIpc) is 2.41. The highest BCUT2D eigenvalue weighted by Crippen LogP contribution is 2.27. The van der Waals surface area contributed by atoms with Gasteiger partial charge in [0.2, 0.25) is 0 Å². The second kappa shape index (κ2) is 5.95. The second-order valence-corrected chi connectivity index (χ2v) is 7.04. The van der Waals surface area contributed by atoms with Gasteiger partial charge in [0.15, 0.2) is 0 Å². The lowest BCUT2D eigenvalue weighted by Crippen LogP contribution is -2.15. The van der Waals surface area contributed by atoms with E-state index < -0.39 is 10.0 Å². The lowest BCUT2D eigenvalue weighted by molar-refractivity contribution is 0.412. The molecule has 2 aromatic rings. The van der Waals surface area contributed by atoms with Crippen LogP contribution in [0.2, 0.25) is 0 Å². The Kier molecular flexibility index (Phi) is 4.43. The molecule has 0 aromatic heterocycles. The Bertz CT molecular complexity index is 776. The van der Waals surface area contributed by atoms with Gasteiger partial charge in [-0.2, -0.15) is 0 Å². The van der Waals surface area contributed by atoms with E-state index in [1.54, 1.807) is 31.4 Å². The van der Waals surface area contributed by atoms with Gasteiger partial charge in [-0.3, -0.25) is 4.72 Å². The number of hydrogen-bond donors (Lipinski definition) is 2. The number of halogens is 1. The molecule has 112 valence electrons. The number of ether oxygens (including phenoxy) is 1. The summed E-state index contributed by atoms with van der Waals surface area (Å²) in [4.78, 5) is 0.0327. The lowest BCUT2D eigenvalue weighted by atomic mass is 10.2. The molecule has 0 aliphatic heterocycles. The number of rotatable bonds is 4. The van der Waals surface area contributed by atoms with Gasteiger partial charge in [-0.15, -0.1) is 0 Å². The summed E-state index contributed by atoms with van der Waals surface area (Å²) in [6.45, 7) is 1.84. The fourth-order valence-corrected chi connectivity index (χ4v) is 3.61. The van der Waals surface area contributed by atoms with Gasteiger partial charge in [-0.05, 0) is 48.9 Å². The number of benzene rings is 2. The number of sulfonamides is 1. The zero-order chi connectivity index (χ0) is 15.6. The molecule has 0 unspecified atom stereocenters. The third-order valence-corrected chi connectivity index (χ3v) is 4.84. The minimum absolute atomic E-state index is 0.0327. The summed E-state index contributed by atoms with van der Waals surface area (Å²) in [5, 5.41) is 0. The van der Waals surface area contributed by atoms with Crippen molar-refractivity contribution in [3.63, 3.8) is 0 Å². The molecule has 3 N–H and O–H groups in total. The molecule has 0 saturated carbocycles. The average molecular weight is 371 g/mol. The molecule has 2 rings (SSSR count). The van der Waals surface area contributed by atoms with Crippen molar-refractivity contribution < 1.29 is 13.2 Å². The summed E-state index contributed by atoms with van der Waals surface area (Å²) >= 11 is 3.24. The summed E-state index contributed by atoms with van der Waals surface area (Å²) in [5.41, 5.74) is 7.22. The van der Waals surface area contributed by atoms with Crippen LogP contribution in [0.25, 0.3) is 0 Å². The van der Waals surface area contributed by atoms with Crippen molar-refractivity contribution in [2.24, 2.45) is 0 Å². The van der Waals surface area contributed by atoms with Crippen LogP contribution in [0, 0.1) is 6.92 Å². The fraction of sp³-hybridized carbons (Fsp3) is 0.143. The van der Waals surface area contributed by atoms with E-state index >= 15 is 0 Å². The smallest absolute Gasteiger partial charge is 0.263 e. The Morgan fingerprint density at radius 2 is 1.90 bits per heavy atom. The molecule has 7 heteroatoms.